The predicted molar refractivity (Wildman–Crippen MR) is 325 cm³/mol. The Hall–Kier alpha value is -10.2. The average molecular weight is 981 g/mol. The molecule has 0 amide bonds. The van der Waals surface area contributed by atoms with Crippen molar-refractivity contribution in [2.45, 2.75) is 0 Å². The summed E-state index contributed by atoms with van der Waals surface area (Å²) < 4.78 is 9.12. The van der Waals surface area contributed by atoms with Gasteiger partial charge in [0, 0.05) is 49.9 Å². The zero-order chi connectivity index (χ0) is 50.8. The lowest BCUT2D eigenvalue weighted by atomic mass is 9.91. The number of fused-ring (bicyclic) bond motifs is 8. The number of hydrogen-bond donors (Lipinski definition) is 0. The molecule has 0 aliphatic heterocycles. The van der Waals surface area contributed by atoms with Crippen molar-refractivity contribution in [2.75, 3.05) is 4.90 Å². The smallest absolute Gasteiger partial charge is 0.143 e. The lowest BCUT2D eigenvalue weighted by Crippen LogP contribution is -2.09. The van der Waals surface area contributed by atoms with Crippen molar-refractivity contribution < 1.29 is 4.42 Å². The molecule has 0 N–H and O–H groups in total. The lowest BCUT2D eigenvalue weighted by Gasteiger charge is -2.26. The summed E-state index contributed by atoms with van der Waals surface area (Å²) in [4.78, 5) is 2.37. The third-order valence-corrected chi connectivity index (χ3v) is 15.5. The van der Waals surface area contributed by atoms with Crippen LogP contribution in [0.2, 0.25) is 0 Å². The normalized spacial score (nSPS) is 11.6. The van der Waals surface area contributed by atoms with Gasteiger partial charge in [-0.3, -0.25) is 0 Å². The second-order valence-corrected chi connectivity index (χ2v) is 20.1. The van der Waals surface area contributed by atoms with Gasteiger partial charge in [-0.2, -0.15) is 0 Å². The average Bonchev–Trinajstić information content (AvgIpc) is 4.10. The van der Waals surface area contributed by atoms with Crippen LogP contribution in [-0.4, -0.2) is 4.57 Å². The fourth-order valence-corrected chi connectivity index (χ4v) is 11.8. The number of para-hydroxylation sites is 4. The number of benzene rings is 13. The van der Waals surface area contributed by atoms with Crippen molar-refractivity contribution in [3.63, 3.8) is 0 Å². The Bertz CT molecular complexity index is 4600. The van der Waals surface area contributed by atoms with Crippen LogP contribution in [0.4, 0.5) is 17.1 Å². The van der Waals surface area contributed by atoms with Gasteiger partial charge in [-0.05, 0) is 169 Å². The molecule has 0 spiro atoms. The first kappa shape index (κ1) is 44.3. The van der Waals surface area contributed by atoms with Crippen molar-refractivity contribution in [3.8, 4) is 61.3 Å². The number of nitrogens with zero attached hydrogens (tertiary/aromatic N) is 2. The van der Waals surface area contributed by atoms with E-state index in [-0.39, 0.29) is 0 Å². The van der Waals surface area contributed by atoms with Crippen LogP contribution >= 0.6 is 0 Å². The zero-order valence-corrected chi connectivity index (χ0v) is 42.0. The van der Waals surface area contributed by atoms with E-state index in [0.29, 0.717) is 0 Å². The number of furan rings is 1. The first-order valence-electron chi connectivity index (χ1n) is 26.4. The Kier molecular flexibility index (Phi) is 10.5. The molecule has 0 aliphatic rings. The molecular formula is C74H48N2O. The Labute approximate surface area is 446 Å². The molecule has 3 heteroatoms. The van der Waals surface area contributed by atoms with E-state index in [2.05, 4.69) is 295 Å². The summed E-state index contributed by atoms with van der Waals surface area (Å²) in [5.41, 5.74) is 19.9. The largest absolute Gasteiger partial charge is 0.455 e. The molecule has 15 aromatic rings. The van der Waals surface area contributed by atoms with Gasteiger partial charge in [0.2, 0.25) is 0 Å². The highest BCUT2D eigenvalue weighted by atomic mass is 16.3. The second kappa shape index (κ2) is 18.3. The maximum Gasteiger partial charge on any atom is 0.143 e. The van der Waals surface area contributed by atoms with Gasteiger partial charge < -0.3 is 13.9 Å². The molecule has 0 aliphatic carbocycles. The van der Waals surface area contributed by atoms with Crippen molar-refractivity contribution >= 4 is 82.4 Å². The first-order chi connectivity index (χ1) is 38.1. The molecule has 0 atom stereocenters. The second-order valence-electron chi connectivity index (χ2n) is 20.1. The van der Waals surface area contributed by atoms with Crippen LogP contribution in [0, 0.1) is 0 Å². The Morgan fingerprint density at radius 2 is 0.727 bits per heavy atom. The van der Waals surface area contributed by atoms with Crippen LogP contribution in [0.25, 0.3) is 127 Å². The summed E-state index contributed by atoms with van der Waals surface area (Å²) in [5.74, 6) is 0. The maximum absolute atomic E-state index is 6.73. The molecule has 0 saturated carbocycles. The fourth-order valence-electron chi connectivity index (χ4n) is 11.8. The molecule has 0 unspecified atom stereocenters. The van der Waals surface area contributed by atoms with E-state index in [1.165, 1.54) is 71.2 Å². The summed E-state index contributed by atoms with van der Waals surface area (Å²) in [6.45, 7) is 0. The van der Waals surface area contributed by atoms with E-state index >= 15 is 0 Å². The minimum Gasteiger partial charge on any atom is -0.455 e. The van der Waals surface area contributed by atoms with Crippen molar-refractivity contribution in [1.82, 2.24) is 4.57 Å². The summed E-state index contributed by atoms with van der Waals surface area (Å²) in [5, 5.41) is 9.62. The van der Waals surface area contributed by atoms with Gasteiger partial charge in [0.1, 0.15) is 11.2 Å². The van der Waals surface area contributed by atoms with Gasteiger partial charge in [0.15, 0.2) is 0 Å². The predicted octanol–water partition coefficient (Wildman–Crippen LogP) is 20.8. The quantitative estimate of drug-likeness (QED) is 0.144. The molecule has 360 valence electrons. The summed E-state index contributed by atoms with van der Waals surface area (Å²) in [6, 6.07) is 106. The van der Waals surface area contributed by atoms with Crippen LogP contribution in [0.3, 0.4) is 0 Å². The molecule has 3 nitrogen and oxygen atoms in total. The van der Waals surface area contributed by atoms with Crippen molar-refractivity contribution in [1.29, 1.82) is 0 Å². The van der Waals surface area contributed by atoms with Gasteiger partial charge >= 0.3 is 0 Å². The van der Waals surface area contributed by atoms with Gasteiger partial charge in [-0.25, -0.2) is 0 Å². The highest BCUT2D eigenvalue weighted by Crippen LogP contribution is 2.44. The van der Waals surface area contributed by atoms with Crippen molar-refractivity contribution in [3.05, 3.63) is 291 Å². The number of rotatable bonds is 9. The number of hydrogen-bond acceptors (Lipinski definition) is 2. The monoisotopic (exact) mass is 980 g/mol. The molecule has 2 aromatic heterocycles. The molecule has 0 fully saturated rings. The Balaban J connectivity index is 0.873. The topological polar surface area (TPSA) is 21.3 Å². The van der Waals surface area contributed by atoms with Crippen LogP contribution in [-0.2, 0) is 0 Å². The minimum absolute atomic E-state index is 0.886. The molecule has 13 aromatic carbocycles. The van der Waals surface area contributed by atoms with Crippen molar-refractivity contribution in [2.24, 2.45) is 0 Å². The SMILES string of the molecule is c1ccc(-n2c3ccccc3c3c(-c4cc(-c5ccc(N(c6ccc(-c7ccc8ccccc8c7)cc6)c6ccc(-c7ccc8ccccc8c7)cc6)cc5)cc(-c5cccc6c5oc5ccccc56)c4)cccc32)cc1. The Morgan fingerprint density at radius 3 is 1.36 bits per heavy atom. The molecule has 0 saturated heterocycles. The third kappa shape index (κ3) is 7.75. The summed E-state index contributed by atoms with van der Waals surface area (Å²) in [7, 11) is 0. The molecule has 0 radical (unpaired) electrons. The van der Waals surface area contributed by atoms with E-state index in [1.807, 2.05) is 6.07 Å². The summed E-state index contributed by atoms with van der Waals surface area (Å²) in [6.07, 6.45) is 0. The highest BCUT2D eigenvalue weighted by Gasteiger charge is 2.20. The molecule has 77 heavy (non-hydrogen) atoms. The van der Waals surface area contributed by atoms with Gasteiger partial charge in [-0.15, -0.1) is 0 Å². The minimum atomic E-state index is 0.886. The van der Waals surface area contributed by atoms with E-state index in [1.54, 1.807) is 0 Å². The van der Waals surface area contributed by atoms with E-state index in [0.717, 1.165) is 72.5 Å². The first-order valence-corrected chi connectivity index (χ1v) is 26.4. The van der Waals surface area contributed by atoms with Gasteiger partial charge in [0.25, 0.3) is 0 Å². The van der Waals surface area contributed by atoms with Gasteiger partial charge in [0.05, 0.1) is 11.0 Å². The molecule has 0 bridgehead atoms. The van der Waals surface area contributed by atoms with Gasteiger partial charge in [-0.1, -0.05) is 194 Å². The zero-order valence-electron chi connectivity index (χ0n) is 42.0. The maximum atomic E-state index is 6.73. The van der Waals surface area contributed by atoms with Crippen LogP contribution in [0.5, 0.6) is 0 Å². The van der Waals surface area contributed by atoms with Crippen LogP contribution in [0.1, 0.15) is 0 Å². The fraction of sp³-hybridized carbons (Fsp3) is 0. The lowest BCUT2D eigenvalue weighted by molar-refractivity contribution is 0.670. The third-order valence-electron chi connectivity index (χ3n) is 15.5. The van der Waals surface area contributed by atoms with Crippen LogP contribution < -0.4 is 4.90 Å². The van der Waals surface area contributed by atoms with E-state index < -0.39 is 0 Å². The Morgan fingerprint density at radius 1 is 0.273 bits per heavy atom. The molecular weight excluding hydrogens is 933 g/mol. The number of aromatic nitrogens is 1. The van der Waals surface area contributed by atoms with E-state index in [9.17, 15) is 0 Å². The standard InChI is InChI=1S/C74H48N2O/c1-2-18-61(19-3-1)76-70-25-10-8-21-69(70)73-65(22-13-26-71(73)76)59-46-58(47-60(48-59)66-23-12-24-68-67-20-9-11-27-72(67)77-74(66)68)53-36-42-64(43-37-53)75(62-38-32-51(33-39-62)56-30-28-49-14-4-6-16-54(49)44-56)63-40-34-52(35-41-63)57-31-29-50-15-5-7-17-55(50)45-57/h1-48H. The molecule has 15 rings (SSSR count). The van der Waals surface area contributed by atoms with E-state index in [4.69, 9.17) is 4.42 Å². The number of anilines is 3. The highest BCUT2D eigenvalue weighted by molar-refractivity contribution is 6.16. The summed E-state index contributed by atoms with van der Waals surface area (Å²) >= 11 is 0. The van der Waals surface area contributed by atoms with Crippen LogP contribution in [0.15, 0.2) is 296 Å². The molecule has 2 heterocycles.